The lowest BCUT2D eigenvalue weighted by Gasteiger charge is -2.31. The first-order valence-electron chi connectivity index (χ1n) is 9.62. The predicted octanol–water partition coefficient (Wildman–Crippen LogP) is 3.35. The van der Waals surface area contributed by atoms with E-state index in [9.17, 15) is 17.6 Å². The van der Waals surface area contributed by atoms with Gasteiger partial charge in [-0.3, -0.25) is 4.79 Å². The molecule has 2 aromatic carbocycles. The summed E-state index contributed by atoms with van der Waals surface area (Å²) in [5.74, 6) is -1.04. The lowest BCUT2D eigenvalue weighted by molar-refractivity contribution is -0.120. The average Bonchev–Trinajstić information content (AvgIpc) is 3.16. The van der Waals surface area contributed by atoms with Crippen molar-refractivity contribution in [1.29, 1.82) is 0 Å². The number of nitrogens with one attached hydrogen (secondary N) is 1. The summed E-state index contributed by atoms with van der Waals surface area (Å²) in [6.45, 7) is 0.499. The molecule has 0 aromatic heterocycles. The van der Waals surface area contributed by atoms with Crippen LogP contribution in [0, 0.1) is 11.7 Å². The third-order valence-electron chi connectivity index (χ3n) is 5.57. The third kappa shape index (κ3) is 3.82. The van der Waals surface area contributed by atoms with E-state index >= 15 is 0 Å². The standard InChI is InChI=1S/C21H23FN2O3S/c22-18-7-10-20(11-8-18)28(26,27)24-12-2-5-17(14-24)21(25)23-19-9-6-15-3-1-4-16(15)13-19/h6-11,13,17H,1-5,12,14H2,(H,23,25)/t17-/m1/s1. The summed E-state index contributed by atoms with van der Waals surface area (Å²) in [4.78, 5) is 12.8. The summed E-state index contributed by atoms with van der Waals surface area (Å²) in [6.07, 6.45) is 4.52. The SMILES string of the molecule is O=C(Nc1ccc2c(c1)CCC2)[C@@H]1CCCN(S(=O)(=O)c2ccc(F)cc2)C1. The zero-order valence-electron chi connectivity index (χ0n) is 15.5. The minimum Gasteiger partial charge on any atom is -0.326 e. The van der Waals surface area contributed by atoms with Gasteiger partial charge in [0.15, 0.2) is 0 Å². The minimum atomic E-state index is -3.74. The van der Waals surface area contributed by atoms with E-state index in [-0.39, 0.29) is 17.3 Å². The van der Waals surface area contributed by atoms with Crippen molar-refractivity contribution in [3.8, 4) is 0 Å². The second-order valence-electron chi connectivity index (χ2n) is 7.48. The van der Waals surface area contributed by atoms with E-state index in [0.717, 1.165) is 37.1 Å². The van der Waals surface area contributed by atoms with E-state index in [4.69, 9.17) is 0 Å². The number of carbonyl (C=O) groups is 1. The van der Waals surface area contributed by atoms with Gasteiger partial charge in [0.1, 0.15) is 5.82 Å². The molecule has 5 nitrogen and oxygen atoms in total. The molecule has 1 heterocycles. The van der Waals surface area contributed by atoms with Crippen molar-refractivity contribution in [2.75, 3.05) is 18.4 Å². The van der Waals surface area contributed by atoms with Crippen molar-refractivity contribution < 1.29 is 17.6 Å². The Morgan fingerprint density at radius 2 is 1.79 bits per heavy atom. The van der Waals surface area contributed by atoms with Crippen molar-refractivity contribution >= 4 is 21.6 Å². The van der Waals surface area contributed by atoms with Gasteiger partial charge in [-0.15, -0.1) is 0 Å². The van der Waals surface area contributed by atoms with Gasteiger partial charge in [0.2, 0.25) is 15.9 Å². The van der Waals surface area contributed by atoms with E-state index in [0.29, 0.717) is 19.4 Å². The lowest BCUT2D eigenvalue weighted by Crippen LogP contribution is -2.43. The van der Waals surface area contributed by atoms with Gasteiger partial charge in [0, 0.05) is 18.8 Å². The number of fused-ring (bicyclic) bond motifs is 1. The Kier molecular flexibility index (Phi) is 5.21. The molecule has 0 radical (unpaired) electrons. The summed E-state index contributed by atoms with van der Waals surface area (Å²) >= 11 is 0. The molecule has 7 heteroatoms. The zero-order chi connectivity index (χ0) is 19.7. The molecule has 28 heavy (non-hydrogen) atoms. The summed E-state index contributed by atoms with van der Waals surface area (Å²) in [6, 6.07) is 10.8. The van der Waals surface area contributed by atoms with Crippen LogP contribution >= 0.6 is 0 Å². The first kappa shape index (κ1) is 19.1. The molecule has 2 aliphatic rings. The van der Waals surface area contributed by atoms with E-state index < -0.39 is 21.8 Å². The van der Waals surface area contributed by atoms with Crippen LogP contribution in [0.15, 0.2) is 47.4 Å². The second-order valence-corrected chi connectivity index (χ2v) is 9.42. The van der Waals surface area contributed by atoms with E-state index in [1.807, 2.05) is 12.1 Å². The summed E-state index contributed by atoms with van der Waals surface area (Å²) in [7, 11) is -3.74. The molecule has 0 bridgehead atoms. The van der Waals surface area contributed by atoms with Crippen LogP contribution < -0.4 is 5.32 Å². The molecule has 1 N–H and O–H groups in total. The number of piperidine rings is 1. The molecule has 0 unspecified atom stereocenters. The summed E-state index contributed by atoms with van der Waals surface area (Å²) < 4.78 is 40.1. The lowest BCUT2D eigenvalue weighted by atomic mass is 9.98. The van der Waals surface area contributed by atoms with Crippen LogP contribution in [-0.4, -0.2) is 31.7 Å². The molecule has 0 saturated carbocycles. The molecular weight excluding hydrogens is 379 g/mol. The van der Waals surface area contributed by atoms with E-state index in [1.54, 1.807) is 0 Å². The fourth-order valence-electron chi connectivity index (χ4n) is 4.02. The maximum atomic E-state index is 13.1. The normalized spacial score (nSPS) is 20.0. The number of hydrogen-bond donors (Lipinski definition) is 1. The number of hydrogen-bond acceptors (Lipinski definition) is 3. The molecule has 4 rings (SSSR count). The van der Waals surface area contributed by atoms with Crippen molar-refractivity contribution in [2.45, 2.75) is 37.0 Å². The Hall–Kier alpha value is -2.25. The largest absolute Gasteiger partial charge is 0.326 e. The Labute approximate surface area is 164 Å². The molecule has 1 aliphatic heterocycles. The zero-order valence-corrected chi connectivity index (χ0v) is 16.3. The smallest absolute Gasteiger partial charge is 0.243 e. The quantitative estimate of drug-likeness (QED) is 0.853. The molecule has 1 saturated heterocycles. The summed E-state index contributed by atoms with van der Waals surface area (Å²) in [5.41, 5.74) is 3.39. The maximum absolute atomic E-state index is 13.1. The van der Waals surface area contributed by atoms with Crippen LogP contribution in [-0.2, 0) is 27.7 Å². The van der Waals surface area contributed by atoms with Crippen molar-refractivity contribution in [2.24, 2.45) is 5.92 Å². The third-order valence-corrected chi connectivity index (χ3v) is 7.45. The highest BCUT2D eigenvalue weighted by molar-refractivity contribution is 7.89. The highest BCUT2D eigenvalue weighted by Crippen LogP contribution is 2.27. The van der Waals surface area contributed by atoms with Crippen molar-refractivity contribution in [1.82, 2.24) is 4.31 Å². The van der Waals surface area contributed by atoms with Gasteiger partial charge < -0.3 is 5.32 Å². The minimum absolute atomic E-state index is 0.0496. The number of rotatable bonds is 4. The Bertz CT molecular complexity index is 989. The number of halogens is 1. The number of carbonyl (C=O) groups excluding carboxylic acids is 1. The van der Waals surface area contributed by atoms with Crippen molar-refractivity contribution in [3.63, 3.8) is 0 Å². The highest BCUT2D eigenvalue weighted by atomic mass is 32.2. The van der Waals surface area contributed by atoms with Gasteiger partial charge in [0.25, 0.3) is 0 Å². The first-order chi connectivity index (χ1) is 13.4. The van der Waals surface area contributed by atoms with Crippen LogP contribution in [0.25, 0.3) is 0 Å². The molecule has 1 aliphatic carbocycles. The number of nitrogens with zero attached hydrogens (tertiary/aromatic N) is 1. The van der Waals surface area contributed by atoms with Crippen molar-refractivity contribution in [3.05, 3.63) is 59.4 Å². The molecule has 0 spiro atoms. The van der Waals surface area contributed by atoms with Gasteiger partial charge in [0.05, 0.1) is 10.8 Å². The van der Waals surface area contributed by atoms with Crippen LogP contribution in [0.4, 0.5) is 10.1 Å². The second kappa shape index (κ2) is 7.64. The number of sulfonamides is 1. The molecule has 1 fully saturated rings. The molecule has 2 aromatic rings. The van der Waals surface area contributed by atoms with Gasteiger partial charge in [-0.2, -0.15) is 4.31 Å². The number of aryl methyl sites for hydroxylation is 2. The van der Waals surface area contributed by atoms with Gasteiger partial charge in [-0.05, 0) is 79.6 Å². The Morgan fingerprint density at radius 3 is 2.57 bits per heavy atom. The molecule has 1 amide bonds. The topological polar surface area (TPSA) is 66.5 Å². The van der Waals surface area contributed by atoms with Gasteiger partial charge in [-0.1, -0.05) is 6.07 Å². The van der Waals surface area contributed by atoms with Crippen LogP contribution in [0.2, 0.25) is 0 Å². The molecular formula is C21H23FN2O3S. The maximum Gasteiger partial charge on any atom is 0.243 e. The Morgan fingerprint density at radius 1 is 1.04 bits per heavy atom. The van der Waals surface area contributed by atoms with E-state index in [1.165, 1.54) is 27.6 Å². The fourth-order valence-corrected chi connectivity index (χ4v) is 5.55. The Balaban J connectivity index is 1.45. The number of benzene rings is 2. The predicted molar refractivity (Wildman–Crippen MR) is 105 cm³/mol. The number of amides is 1. The van der Waals surface area contributed by atoms with Gasteiger partial charge >= 0.3 is 0 Å². The first-order valence-corrected chi connectivity index (χ1v) is 11.1. The highest BCUT2D eigenvalue weighted by Gasteiger charge is 2.33. The molecule has 1 atom stereocenters. The summed E-state index contributed by atoms with van der Waals surface area (Å²) in [5, 5.41) is 2.95. The van der Waals surface area contributed by atoms with Crippen LogP contribution in [0.1, 0.15) is 30.4 Å². The van der Waals surface area contributed by atoms with Gasteiger partial charge in [-0.25, -0.2) is 12.8 Å². The average molecular weight is 402 g/mol. The fraction of sp³-hybridized carbons (Fsp3) is 0.381. The number of anilines is 1. The van der Waals surface area contributed by atoms with E-state index in [2.05, 4.69) is 11.4 Å². The van der Waals surface area contributed by atoms with Crippen LogP contribution in [0.3, 0.4) is 0 Å². The monoisotopic (exact) mass is 402 g/mol. The van der Waals surface area contributed by atoms with Crippen LogP contribution in [0.5, 0.6) is 0 Å². The molecule has 148 valence electrons.